The molecule has 4 rings (SSSR count). The molecule has 12 heteroatoms. The number of aliphatic hydroxyl groups is 1. The van der Waals surface area contributed by atoms with Crippen LogP contribution in [0.3, 0.4) is 0 Å². The van der Waals surface area contributed by atoms with Gasteiger partial charge in [-0.15, -0.1) is 10.2 Å². The first-order chi connectivity index (χ1) is 14.5. The van der Waals surface area contributed by atoms with Crippen LogP contribution >= 0.6 is 11.3 Å². The topological polar surface area (TPSA) is 144 Å². The second-order valence-corrected chi connectivity index (χ2v) is 7.78. The second-order valence-electron chi connectivity index (χ2n) is 6.82. The number of aliphatic hydroxyl groups excluding tert-OH is 1. The molecule has 1 fully saturated rings. The van der Waals surface area contributed by atoms with Gasteiger partial charge >= 0.3 is 5.63 Å². The number of aryl methyl sites for hydroxylation is 1. The molecule has 0 unspecified atom stereocenters. The molecular formula is C18H20N6O5S. The quantitative estimate of drug-likeness (QED) is 0.528. The van der Waals surface area contributed by atoms with Gasteiger partial charge in [0.1, 0.15) is 0 Å². The number of hydrogen-bond donors (Lipinski definition) is 3. The summed E-state index contributed by atoms with van der Waals surface area (Å²) in [6, 6.07) is 2.96. The van der Waals surface area contributed by atoms with Crippen molar-refractivity contribution in [3.05, 3.63) is 40.2 Å². The van der Waals surface area contributed by atoms with Gasteiger partial charge in [0.15, 0.2) is 5.76 Å². The van der Waals surface area contributed by atoms with Gasteiger partial charge in [0, 0.05) is 18.0 Å². The van der Waals surface area contributed by atoms with Crippen LogP contribution in [0.4, 0.5) is 10.8 Å². The van der Waals surface area contributed by atoms with Crippen LogP contribution in [0.1, 0.15) is 35.5 Å². The molecule has 11 nitrogen and oxygen atoms in total. The zero-order chi connectivity index (χ0) is 21.3. The number of hydrogen-bond acceptors (Lipinski definition) is 10. The van der Waals surface area contributed by atoms with E-state index in [1.165, 1.54) is 13.2 Å². The maximum absolute atomic E-state index is 12.6. The molecule has 3 aromatic rings. The Kier molecular flexibility index (Phi) is 5.50. The van der Waals surface area contributed by atoms with Crippen molar-refractivity contribution in [2.75, 3.05) is 17.7 Å². The summed E-state index contributed by atoms with van der Waals surface area (Å²) >= 11 is 1.12. The Morgan fingerprint density at radius 3 is 2.90 bits per heavy atom. The zero-order valence-electron chi connectivity index (χ0n) is 16.3. The maximum Gasteiger partial charge on any atom is 0.381 e. The molecule has 0 bridgehead atoms. The number of methoxy groups -OCH3 is 1. The molecule has 3 aromatic heterocycles. The highest BCUT2D eigenvalue weighted by Gasteiger charge is 2.27. The van der Waals surface area contributed by atoms with Gasteiger partial charge in [-0.25, -0.2) is 9.48 Å². The first-order valence-corrected chi connectivity index (χ1v) is 10.1. The van der Waals surface area contributed by atoms with Crippen molar-refractivity contribution in [2.24, 2.45) is 0 Å². The molecule has 3 heterocycles. The highest BCUT2D eigenvalue weighted by Crippen LogP contribution is 2.28. The van der Waals surface area contributed by atoms with Crippen molar-refractivity contribution in [3.8, 4) is 10.9 Å². The smallest absolute Gasteiger partial charge is 0.381 e. The Hall–Kier alpha value is -3.25. The largest absolute Gasteiger partial charge is 0.488 e. The summed E-state index contributed by atoms with van der Waals surface area (Å²) in [4.78, 5) is 24.9. The third-order valence-electron chi connectivity index (χ3n) is 4.80. The average molecular weight is 432 g/mol. The highest BCUT2D eigenvalue weighted by molar-refractivity contribution is 7.17. The molecule has 158 valence electrons. The van der Waals surface area contributed by atoms with E-state index in [0.29, 0.717) is 11.6 Å². The lowest BCUT2D eigenvalue weighted by atomic mass is 10.2. The molecule has 30 heavy (non-hydrogen) atoms. The first kappa shape index (κ1) is 20.0. The number of carbonyl (C=O) groups is 1. The molecule has 0 radical (unpaired) electrons. The van der Waals surface area contributed by atoms with Crippen LogP contribution in [-0.4, -0.2) is 50.2 Å². The molecule has 2 atom stereocenters. The van der Waals surface area contributed by atoms with Crippen molar-refractivity contribution < 1.29 is 19.1 Å². The van der Waals surface area contributed by atoms with Crippen molar-refractivity contribution in [2.45, 2.75) is 38.3 Å². The van der Waals surface area contributed by atoms with Crippen LogP contribution in [0.15, 0.2) is 27.5 Å². The third-order valence-corrected chi connectivity index (χ3v) is 5.62. The van der Waals surface area contributed by atoms with Gasteiger partial charge < -0.3 is 19.6 Å². The highest BCUT2D eigenvalue weighted by atomic mass is 32.1. The predicted octanol–water partition coefficient (Wildman–Crippen LogP) is 1.57. The van der Waals surface area contributed by atoms with Crippen LogP contribution in [0, 0.1) is 6.92 Å². The predicted molar refractivity (Wildman–Crippen MR) is 109 cm³/mol. The zero-order valence-corrected chi connectivity index (χ0v) is 17.1. The van der Waals surface area contributed by atoms with Crippen molar-refractivity contribution in [1.29, 1.82) is 0 Å². The van der Waals surface area contributed by atoms with E-state index in [1.54, 1.807) is 10.9 Å². The average Bonchev–Trinajstić information content (AvgIpc) is 3.44. The number of anilines is 2. The number of nitrogens with one attached hydrogen (secondary N) is 2. The molecule has 0 aromatic carbocycles. The molecule has 1 saturated carbocycles. The van der Waals surface area contributed by atoms with E-state index < -0.39 is 17.6 Å². The van der Waals surface area contributed by atoms with Crippen LogP contribution in [0.5, 0.6) is 5.75 Å². The summed E-state index contributed by atoms with van der Waals surface area (Å²) in [6.45, 7) is 1.87. The minimum absolute atomic E-state index is 0.0574. The van der Waals surface area contributed by atoms with Gasteiger partial charge in [-0.1, -0.05) is 11.3 Å². The fourth-order valence-electron chi connectivity index (χ4n) is 3.28. The number of aromatic nitrogens is 4. The number of amides is 1. The molecule has 0 spiro atoms. The van der Waals surface area contributed by atoms with E-state index in [9.17, 15) is 14.7 Å². The summed E-state index contributed by atoms with van der Waals surface area (Å²) < 4.78 is 11.8. The van der Waals surface area contributed by atoms with Crippen molar-refractivity contribution >= 4 is 28.1 Å². The van der Waals surface area contributed by atoms with Gasteiger partial charge in [-0.05, 0) is 32.3 Å². The maximum atomic E-state index is 12.6. The van der Waals surface area contributed by atoms with Crippen molar-refractivity contribution in [1.82, 2.24) is 20.0 Å². The third kappa shape index (κ3) is 3.91. The standard InChI is InChI=1S/C18H20N6O5S/c1-9-6-7-19-24(9)18-23-22-17(30-18)21-15(26)13-8-11(14(28-2)16(27)29-13)20-10-4-3-5-12(10)25/h6-8,10,12,20,25H,3-5H2,1-2H3,(H,21,22,26)/t10-,12+/m0/s1. The lowest BCUT2D eigenvalue weighted by molar-refractivity contribution is 0.0991. The van der Waals surface area contributed by atoms with Crippen LogP contribution in [0.25, 0.3) is 5.13 Å². The summed E-state index contributed by atoms with van der Waals surface area (Å²) in [5.41, 5.74) is 0.357. The lowest BCUT2D eigenvalue weighted by Crippen LogP contribution is -2.29. The normalized spacial score (nSPS) is 18.4. The molecule has 0 aliphatic heterocycles. The van der Waals surface area contributed by atoms with E-state index in [-0.39, 0.29) is 28.4 Å². The van der Waals surface area contributed by atoms with Gasteiger partial charge in [0.25, 0.3) is 5.91 Å². The number of carbonyl (C=O) groups excluding carboxylic acids is 1. The molecule has 1 aliphatic rings. The Balaban J connectivity index is 1.56. The number of ether oxygens (including phenoxy) is 1. The van der Waals surface area contributed by atoms with Crippen LogP contribution in [-0.2, 0) is 0 Å². The van der Waals surface area contributed by atoms with E-state index in [4.69, 9.17) is 9.15 Å². The molecule has 0 saturated heterocycles. The monoisotopic (exact) mass is 432 g/mol. The minimum atomic E-state index is -0.801. The van der Waals surface area contributed by atoms with Crippen molar-refractivity contribution in [3.63, 3.8) is 0 Å². The summed E-state index contributed by atoms with van der Waals surface area (Å²) in [6.07, 6.45) is 3.38. The molecule has 1 amide bonds. The van der Waals surface area contributed by atoms with Gasteiger partial charge in [-0.2, -0.15) is 5.10 Å². The van der Waals surface area contributed by atoms with Gasteiger partial charge in [0.2, 0.25) is 16.0 Å². The Morgan fingerprint density at radius 2 is 2.23 bits per heavy atom. The first-order valence-electron chi connectivity index (χ1n) is 9.29. The second kappa shape index (κ2) is 8.24. The number of rotatable bonds is 6. The lowest BCUT2D eigenvalue weighted by Gasteiger charge is -2.19. The molecule has 1 aliphatic carbocycles. The SMILES string of the molecule is COc1c(N[C@H]2CCC[C@H]2O)cc(C(=O)Nc2nnc(-n3nccc3C)s2)oc1=O. The van der Waals surface area contributed by atoms with Crippen LogP contribution in [0.2, 0.25) is 0 Å². The fraction of sp³-hybridized carbons (Fsp3) is 0.389. The fourth-order valence-corrected chi connectivity index (χ4v) is 4.04. The van der Waals surface area contributed by atoms with Gasteiger partial charge in [-0.3, -0.25) is 10.1 Å². The molecular weight excluding hydrogens is 412 g/mol. The molecule has 3 N–H and O–H groups in total. The summed E-state index contributed by atoms with van der Waals surface area (Å²) in [7, 11) is 1.34. The Morgan fingerprint density at radius 1 is 1.40 bits per heavy atom. The van der Waals surface area contributed by atoms with Crippen LogP contribution < -0.4 is 21.0 Å². The van der Waals surface area contributed by atoms with E-state index in [2.05, 4.69) is 25.9 Å². The van der Waals surface area contributed by atoms with E-state index in [0.717, 1.165) is 29.9 Å². The van der Waals surface area contributed by atoms with E-state index >= 15 is 0 Å². The Labute approximate surface area is 174 Å². The van der Waals surface area contributed by atoms with E-state index in [1.807, 2.05) is 13.0 Å². The summed E-state index contributed by atoms with van der Waals surface area (Å²) in [5.74, 6) is -0.939. The Bertz CT molecular complexity index is 1120. The van der Waals surface area contributed by atoms with Gasteiger partial charge in [0.05, 0.1) is 24.9 Å². The summed E-state index contributed by atoms with van der Waals surface area (Å²) in [5, 5.41) is 28.5. The number of nitrogens with zero attached hydrogens (tertiary/aromatic N) is 4. The minimum Gasteiger partial charge on any atom is -0.488 e.